The third-order valence-corrected chi connectivity index (χ3v) is 3.91. The largest absolute Gasteiger partial charge is 0.494 e. The second-order valence-electron chi connectivity index (χ2n) is 5.77. The normalized spacial score (nSPS) is 15.9. The summed E-state index contributed by atoms with van der Waals surface area (Å²) in [6, 6.07) is 14.0. The molecule has 1 heterocycles. The van der Waals surface area contributed by atoms with Crippen LogP contribution >= 0.6 is 0 Å². The molecule has 0 radical (unpaired) electrons. The van der Waals surface area contributed by atoms with E-state index in [9.17, 15) is 9.59 Å². The zero-order valence-electron chi connectivity index (χ0n) is 14.0. The summed E-state index contributed by atoms with van der Waals surface area (Å²) in [4.78, 5) is 26.0. The van der Waals surface area contributed by atoms with Crippen molar-refractivity contribution in [2.24, 2.45) is 5.73 Å². The number of primary amides is 1. The Bertz CT molecular complexity index is 773. The summed E-state index contributed by atoms with van der Waals surface area (Å²) < 4.78 is 11.1. The van der Waals surface area contributed by atoms with E-state index in [0.29, 0.717) is 23.6 Å². The number of fused-ring (bicyclic) bond motifs is 1. The van der Waals surface area contributed by atoms with Crippen LogP contribution < -0.4 is 20.1 Å². The standard InChI is InChI=1S/C19H20N2O4/c1-2-11-24-14-9-7-13(8-10-14)19(23)21-12-17(18(20)22)25-16-6-4-3-5-15(16)21/h3-10,17H,2,11-12H2,1H3,(H2,20,22)/t17-/m0/s1. The molecule has 6 heteroatoms. The first-order chi connectivity index (χ1) is 12.1. The first kappa shape index (κ1) is 16.8. The quantitative estimate of drug-likeness (QED) is 0.906. The number of ether oxygens (including phenoxy) is 2. The maximum absolute atomic E-state index is 12.9. The Morgan fingerprint density at radius 2 is 1.92 bits per heavy atom. The smallest absolute Gasteiger partial charge is 0.260 e. The highest BCUT2D eigenvalue weighted by Crippen LogP contribution is 2.34. The number of benzene rings is 2. The molecule has 0 aromatic heterocycles. The van der Waals surface area contributed by atoms with Crippen molar-refractivity contribution in [2.75, 3.05) is 18.1 Å². The van der Waals surface area contributed by atoms with Crippen LogP contribution in [0.3, 0.4) is 0 Å². The Kier molecular flexibility index (Phi) is 4.88. The van der Waals surface area contributed by atoms with Gasteiger partial charge in [0.15, 0.2) is 6.10 Å². The van der Waals surface area contributed by atoms with Crippen molar-refractivity contribution >= 4 is 17.5 Å². The zero-order chi connectivity index (χ0) is 17.8. The first-order valence-corrected chi connectivity index (χ1v) is 8.20. The Balaban J connectivity index is 1.86. The van der Waals surface area contributed by atoms with E-state index in [2.05, 4.69) is 0 Å². The topological polar surface area (TPSA) is 81.9 Å². The summed E-state index contributed by atoms with van der Waals surface area (Å²) in [6.07, 6.45) is 0.0470. The van der Waals surface area contributed by atoms with Gasteiger partial charge in [0, 0.05) is 5.56 Å². The number of nitrogens with two attached hydrogens (primary N) is 1. The van der Waals surface area contributed by atoms with Gasteiger partial charge >= 0.3 is 0 Å². The third kappa shape index (κ3) is 3.57. The van der Waals surface area contributed by atoms with E-state index < -0.39 is 12.0 Å². The van der Waals surface area contributed by atoms with Gasteiger partial charge in [-0.1, -0.05) is 19.1 Å². The maximum Gasteiger partial charge on any atom is 0.260 e. The Morgan fingerprint density at radius 1 is 1.20 bits per heavy atom. The summed E-state index contributed by atoms with van der Waals surface area (Å²) in [5.74, 6) is 0.365. The van der Waals surface area contributed by atoms with Crippen LogP contribution in [0.4, 0.5) is 5.69 Å². The van der Waals surface area contributed by atoms with E-state index in [1.807, 2.05) is 13.0 Å². The van der Waals surface area contributed by atoms with Crippen LogP contribution in [0.15, 0.2) is 48.5 Å². The number of hydrogen-bond acceptors (Lipinski definition) is 4. The monoisotopic (exact) mass is 340 g/mol. The fourth-order valence-electron chi connectivity index (χ4n) is 2.64. The van der Waals surface area contributed by atoms with Crippen LogP contribution in [-0.2, 0) is 4.79 Å². The Labute approximate surface area is 146 Å². The molecule has 25 heavy (non-hydrogen) atoms. The molecule has 1 aliphatic rings. The van der Waals surface area contributed by atoms with Gasteiger partial charge in [-0.05, 0) is 42.8 Å². The lowest BCUT2D eigenvalue weighted by Crippen LogP contribution is -2.49. The van der Waals surface area contributed by atoms with Crippen LogP contribution in [0, 0.1) is 0 Å². The molecule has 3 rings (SSSR count). The number of carbonyl (C=O) groups is 2. The molecule has 2 aromatic carbocycles. The average Bonchev–Trinajstić information content (AvgIpc) is 2.65. The second kappa shape index (κ2) is 7.25. The van der Waals surface area contributed by atoms with Gasteiger partial charge in [-0.15, -0.1) is 0 Å². The molecular weight excluding hydrogens is 320 g/mol. The summed E-state index contributed by atoms with van der Waals surface area (Å²) >= 11 is 0. The number of para-hydroxylation sites is 2. The summed E-state index contributed by atoms with van der Waals surface area (Å²) in [5.41, 5.74) is 6.50. The summed E-state index contributed by atoms with van der Waals surface area (Å²) in [5, 5.41) is 0. The fraction of sp³-hybridized carbons (Fsp3) is 0.263. The number of rotatable bonds is 5. The van der Waals surface area contributed by atoms with Crippen molar-refractivity contribution in [3.8, 4) is 11.5 Å². The van der Waals surface area contributed by atoms with Gasteiger partial charge in [-0.3, -0.25) is 9.59 Å². The summed E-state index contributed by atoms with van der Waals surface area (Å²) in [7, 11) is 0. The summed E-state index contributed by atoms with van der Waals surface area (Å²) in [6.45, 7) is 2.74. The lowest BCUT2D eigenvalue weighted by atomic mass is 10.1. The van der Waals surface area contributed by atoms with Crippen LogP contribution in [0.2, 0.25) is 0 Å². The van der Waals surface area contributed by atoms with E-state index in [4.69, 9.17) is 15.2 Å². The predicted octanol–water partition coefficient (Wildman–Crippen LogP) is 2.37. The van der Waals surface area contributed by atoms with E-state index >= 15 is 0 Å². The molecule has 2 aromatic rings. The van der Waals surface area contributed by atoms with Gasteiger partial charge in [-0.2, -0.15) is 0 Å². The van der Waals surface area contributed by atoms with Crippen molar-refractivity contribution < 1.29 is 19.1 Å². The number of nitrogens with zero attached hydrogens (tertiary/aromatic N) is 1. The average molecular weight is 340 g/mol. The minimum atomic E-state index is -0.869. The van der Waals surface area contributed by atoms with E-state index in [-0.39, 0.29) is 12.5 Å². The molecule has 1 aliphatic heterocycles. The molecule has 130 valence electrons. The van der Waals surface area contributed by atoms with Gasteiger partial charge in [-0.25, -0.2) is 0 Å². The molecule has 0 aliphatic carbocycles. The highest BCUT2D eigenvalue weighted by molar-refractivity contribution is 6.07. The molecule has 1 atom stereocenters. The van der Waals surface area contributed by atoms with Gasteiger partial charge in [0.05, 0.1) is 18.8 Å². The Morgan fingerprint density at radius 3 is 2.60 bits per heavy atom. The number of amides is 2. The number of anilines is 1. The van der Waals surface area contributed by atoms with Crippen LogP contribution in [-0.4, -0.2) is 31.1 Å². The van der Waals surface area contributed by atoms with E-state index in [0.717, 1.165) is 12.2 Å². The minimum Gasteiger partial charge on any atom is -0.494 e. The molecule has 0 unspecified atom stereocenters. The van der Waals surface area contributed by atoms with Gasteiger partial charge in [0.2, 0.25) is 0 Å². The third-order valence-electron chi connectivity index (χ3n) is 3.91. The van der Waals surface area contributed by atoms with Crippen LogP contribution in [0.25, 0.3) is 0 Å². The van der Waals surface area contributed by atoms with Crippen LogP contribution in [0.5, 0.6) is 11.5 Å². The second-order valence-corrected chi connectivity index (χ2v) is 5.77. The zero-order valence-corrected chi connectivity index (χ0v) is 14.0. The molecule has 0 saturated carbocycles. The van der Waals surface area contributed by atoms with Crippen molar-refractivity contribution in [1.82, 2.24) is 0 Å². The molecule has 6 nitrogen and oxygen atoms in total. The van der Waals surface area contributed by atoms with Gasteiger partial charge < -0.3 is 20.1 Å². The van der Waals surface area contributed by atoms with Crippen molar-refractivity contribution in [2.45, 2.75) is 19.4 Å². The van der Waals surface area contributed by atoms with Gasteiger partial charge in [0.25, 0.3) is 11.8 Å². The lowest BCUT2D eigenvalue weighted by Gasteiger charge is -2.33. The number of carbonyl (C=O) groups excluding carboxylic acids is 2. The molecule has 2 amide bonds. The highest BCUT2D eigenvalue weighted by atomic mass is 16.5. The molecule has 0 saturated heterocycles. The fourth-order valence-corrected chi connectivity index (χ4v) is 2.64. The number of hydrogen-bond donors (Lipinski definition) is 1. The lowest BCUT2D eigenvalue weighted by molar-refractivity contribution is -0.124. The molecule has 2 N–H and O–H groups in total. The Hall–Kier alpha value is -3.02. The van der Waals surface area contributed by atoms with Crippen molar-refractivity contribution in [1.29, 1.82) is 0 Å². The first-order valence-electron chi connectivity index (χ1n) is 8.20. The molecule has 0 fully saturated rings. The minimum absolute atomic E-state index is 0.0826. The highest BCUT2D eigenvalue weighted by Gasteiger charge is 2.33. The molecule has 0 bridgehead atoms. The van der Waals surface area contributed by atoms with Crippen molar-refractivity contribution in [3.63, 3.8) is 0 Å². The van der Waals surface area contributed by atoms with E-state index in [1.54, 1.807) is 42.5 Å². The van der Waals surface area contributed by atoms with Gasteiger partial charge in [0.1, 0.15) is 11.5 Å². The SMILES string of the molecule is CCCOc1ccc(C(=O)N2C[C@@H](C(N)=O)Oc3ccccc32)cc1. The van der Waals surface area contributed by atoms with Crippen LogP contribution in [0.1, 0.15) is 23.7 Å². The molecular formula is C19H20N2O4. The predicted molar refractivity (Wildman–Crippen MR) is 94.0 cm³/mol. The van der Waals surface area contributed by atoms with Crippen molar-refractivity contribution in [3.05, 3.63) is 54.1 Å². The van der Waals surface area contributed by atoms with E-state index in [1.165, 1.54) is 4.90 Å². The molecule has 0 spiro atoms. The maximum atomic E-state index is 12.9.